The summed E-state index contributed by atoms with van der Waals surface area (Å²) < 4.78 is 29.8. The van der Waals surface area contributed by atoms with Crippen LogP contribution in [-0.4, -0.2) is 40.4 Å². The molecule has 0 aliphatic carbocycles. The SMILES string of the molecule is CCCNC(=O)CN1C(=O)CS[C@@H](c2cccc(F)c2)c2c(-c3ccccc3)nn(-c3ccc(F)cc3)c21. The van der Waals surface area contributed by atoms with Crippen LogP contribution in [-0.2, 0) is 9.59 Å². The van der Waals surface area contributed by atoms with Crippen molar-refractivity contribution >= 4 is 29.4 Å². The van der Waals surface area contributed by atoms with E-state index < -0.39 is 11.1 Å². The predicted molar refractivity (Wildman–Crippen MR) is 145 cm³/mol. The van der Waals surface area contributed by atoms with E-state index >= 15 is 0 Å². The van der Waals surface area contributed by atoms with E-state index in [2.05, 4.69) is 5.32 Å². The van der Waals surface area contributed by atoms with Crippen LogP contribution in [0.1, 0.15) is 29.7 Å². The Morgan fingerprint density at radius 1 is 1.03 bits per heavy atom. The quantitative estimate of drug-likeness (QED) is 0.341. The first-order valence-electron chi connectivity index (χ1n) is 12.3. The zero-order valence-electron chi connectivity index (χ0n) is 20.7. The van der Waals surface area contributed by atoms with E-state index in [-0.39, 0.29) is 29.9 Å². The summed E-state index contributed by atoms with van der Waals surface area (Å²) in [6.45, 7) is 2.23. The third kappa shape index (κ3) is 5.19. The van der Waals surface area contributed by atoms with Gasteiger partial charge in [0.25, 0.3) is 0 Å². The molecule has 0 saturated carbocycles. The second-order valence-corrected chi connectivity index (χ2v) is 10.0. The maximum Gasteiger partial charge on any atom is 0.240 e. The molecule has 6 nitrogen and oxygen atoms in total. The number of aromatic nitrogens is 2. The molecule has 38 heavy (non-hydrogen) atoms. The minimum Gasteiger partial charge on any atom is -0.355 e. The van der Waals surface area contributed by atoms with Gasteiger partial charge in [-0.25, -0.2) is 13.5 Å². The molecule has 1 aliphatic heterocycles. The van der Waals surface area contributed by atoms with Gasteiger partial charge in [0.05, 0.1) is 22.4 Å². The van der Waals surface area contributed by atoms with Crippen molar-refractivity contribution in [1.82, 2.24) is 15.1 Å². The van der Waals surface area contributed by atoms with Gasteiger partial charge < -0.3 is 5.32 Å². The number of hydrogen-bond donors (Lipinski definition) is 1. The average molecular weight is 533 g/mol. The maximum atomic E-state index is 14.4. The van der Waals surface area contributed by atoms with Gasteiger partial charge in [-0.3, -0.25) is 14.5 Å². The van der Waals surface area contributed by atoms with E-state index in [1.54, 1.807) is 22.9 Å². The fourth-order valence-electron chi connectivity index (χ4n) is 4.49. The van der Waals surface area contributed by atoms with Crippen LogP contribution >= 0.6 is 11.8 Å². The van der Waals surface area contributed by atoms with E-state index in [9.17, 15) is 18.4 Å². The lowest BCUT2D eigenvalue weighted by atomic mass is 9.99. The molecule has 194 valence electrons. The summed E-state index contributed by atoms with van der Waals surface area (Å²) in [6.07, 6.45) is 0.758. The van der Waals surface area contributed by atoms with Gasteiger partial charge >= 0.3 is 0 Å². The number of fused-ring (bicyclic) bond motifs is 1. The van der Waals surface area contributed by atoms with Crippen molar-refractivity contribution in [2.45, 2.75) is 18.6 Å². The van der Waals surface area contributed by atoms with Gasteiger partial charge in [0.1, 0.15) is 24.0 Å². The molecule has 2 amide bonds. The molecule has 3 aromatic carbocycles. The number of hydrogen-bond acceptors (Lipinski definition) is 4. The summed E-state index contributed by atoms with van der Waals surface area (Å²) >= 11 is 1.36. The number of benzene rings is 3. The molecule has 5 rings (SSSR count). The first-order chi connectivity index (χ1) is 18.5. The molecule has 4 aromatic rings. The summed E-state index contributed by atoms with van der Waals surface area (Å²) in [5.74, 6) is -0.878. The number of halogens is 2. The van der Waals surface area contributed by atoms with Crippen LogP contribution in [0.15, 0.2) is 78.9 Å². The van der Waals surface area contributed by atoms with Crippen LogP contribution in [0.4, 0.5) is 14.6 Å². The molecule has 1 aliphatic rings. The van der Waals surface area contributed by atoms with Crippen molar-refractivity contribution in [2.24, 2.45) is 0 Å². The van der Waals surface area contributed by atoms with Gasteiger partial charge in [-0.2, -0.15) is 5.10 Å². The highest BCUT2D eigenvalue weighted by atomic mass is 32.2. The number of rotatable bonds is 7. The van der Waals surface area contributed by atoms with Crippen molar-refractivity contribution < 1.29 is 18.4 Å². The highest BCUT2D eigenvalue weighted by Gasteiger charge is 2.37. The Balaban J connectivity index is 1.78. The normalized spacial score (nSPS) is 15.2. The number of thioether (sulfide) groups is 1. The molecule has 0 unspecified atom stereocenters. The van der Waals surface area contributed by atoms with Crippen molar-refractivity contribution in [2.75, 3.05) is 23.7 Å². The second kappa shape index (κ2) is 11.2. The number of carbonyl (C=O) groups excluding carboxylic acids is 2. The maximum absolute atomic E-state index is 14.4. The third-order valence-corrected chi connectivity index (χ3v) is 7.49. The van der Waals surface area contributed by atoms with E-state index in [1.807, 2.05) is 43.3 Å². The zero-order valence-corrected chi connectivity index (χ0v) is 21.6. The molecule has 1 aromatic heterocycles. The summed E-state index contributed by atoms with van der Waals surface area (Å²) in [4.78, 5) is 27.9. The van der Waals surface area contributed by atoms with Gasteiger partial charge in [0.2, 0.25) is 11.8 Å². The van der Waals surface area contributed by atoms with E-state index in [4.69, 9.17) is 5.10 Å². The predicted octanol–water partition coefficient (Wildman–Crippen LogP) is 5.51. The highest BCUT2D eigenvalue weighted by Crippen LogP contribution is 2.48. The van der Waals surface area contributed by atoms with Crippen LogP contribution in [0.3, 0.4) is 0 Å². The topological polar surface area (TPSA) is 67.2 Å². The van der Waals surface area contributed by atoms with Crippen molar-refractivity contribution in [3.8, 4) is 16.9 Å². The van der Waals surface area contributed by atoms with Gasteiger partial charge in [-0.15, -0.1) is 11.8 Å². The van der Waals surface area contributed by atoms with Crippen LogP contribution in [0.2, 0.25) is 0 Å². The molecule has 1 N–H and O–H groups in total. The molecule has 0 bridgehead atoms. The van der Waals surface area contributed by atoms with Crippen LogP contribution in [0.5, 0.6) is 0 Å². The zero-order chi connectivity index (χ0) is 26.6. The largest absolute Gasteiger partial charge is 0.355 e. The van der Waals surface area contributed by atoms with Gasteiger partial charge in [0, 0.05) is 17.7 Å². The number of nitrogens with zero attached hydrogens (tertiary/aromatic N) is 3. The molecule has 2 heterocycles. The summed E-state index contributed by atoms with van der Waals surface area (Å²) in [7, 11) is 0. The number of anilines is 1. The Bertz CT molecular complexity index is 1460. The first-order valence-corrected chi connectivity index (χ1v) is 13.4. The lowest BCUT2D eigenvalue weighted by molar-refractivity contribution is -0.122. The van der Waals surface area contributed by atoms with Gasteiger partial charge in [-0.1, -0.05) is 49.4 Å². The first kappa shape index (κ1) is 25.7. The van der Waals surface area contributed by atoms with E-state index in [1.165, 1.54) is 40.9 Å². The fraction of sp³-hybridized carbons (Fsp3) is 0.207. The summed E-state index contributed by atoms with van der Waals surface area (Å²) in [5, 5.41) is 7.31. The van der Waals surface area contributed by atoms with Crippen LogP contribution < -0.4 is 10.2 Å². The highest BCUT2D eigenvalue weighted by molar-refractivity contribution is 8.00. The van der Waals surface area contributed by atoms with Crippen LogP contribution in [0.25, 0.3) is 16.9 Å². The Morgan fingerprint density at radius 2 is 1.79 bits per heavy atom. The lowest BCUT2D eigenvalue weighted by Crippen LogP contribution is -2.42. The minimum atomic E-state index is -0.447. The summed E-state index contributed by atoms with van der Waals surface area (Å²) in [5.41, 5.74) is 3.29. The Morgan fingerprint density at radius 3 is 2.50 bits per heavy atom. The second-order valence-electron chi connectivity index (χ2n) is 8.92. The summed E-state index contributed by atoms with van der Waals surface area (Å²) in [6, 6.07) is 21.6. The third-order valence-electron chi connectivity index (χ3n) is 6.23. The standard InChI is InChI=1S/C29H26F2N4O2S/c1-2-15-32-24(36)17-34-25(37)18-38-28(20-9-6-10-22(31)16-20)26-27(19-7-4-3-5-8-19)33-35(29(26)34)23-13-11-21(30)12-14-23/h3-14,16,28H,2,15,17-18H2,1H3,(H,32,36)/t28-/m0/s1. The number of amides is 2. The molecule has 0 spiro atoms. The van der Waals surface area contributed by atoms with Gasteiger partial charge in [0.15, 0.2) is 0 Å². The number of carbonyl (C=O) groups is 2. The molecule has 0 saturated heterocycles. The molecular formula is C29H26F2N4O2S. The van der Waals surface area contributed by atoms with Crippen molar-refractivity contribution in [3.63, 3.8) is 0 Å². The van der Waals surface area contributed by atoms with Gasteiger partial charge in [-0.05, 0) is 48.4 Å². The smallest absolute Gasteiger partial charge is 0.240 e. The molecule has 9 heteroatoms. The average Bonchev–Trinajstić information content (AvgIpc) is 3.25. The van der Waals surface area contributed by atoms with Crippen molar-refractivity contribution in [1.29, 1.82) is 0 Å². The van der Waals surface area contributed by atoms with E-state index in [0.717, 1.165) is 12.0 Å². The lowest BCUT2D eigenvalue weighted by Gasteiger charge is -2.23. The minimum absolute atomic E-state index is 0.0779. The molecule has 1 atom stereocenters. The monoisotopic (exact) mass is 532 g/mol. The molecule has 0 fully saturated rings. The van der Waals surface area contributed by atoms with E-state index in [0.29, 0.717) is 34.9 Å². The number of nitrogens with one attached hydrogen (secondary N) is 1. The Labute approximate surface area is 223 Å². The Hall–Kier alpha value is -3.98. The van der Waals surface area contributed by atoms with Crippen LogP contribution in [0, 0.1) is 11.6 Å². The Kier molecular flexibility index (Phi) is 7.55. The molecular weight excluding hydrogens is 506 g/mol. The fourth-order valence-corrected chi connectivity index (χ4v) is 5.68. The van der Waals surface area contributed by atoms with Crippen molar-refractivity contribution in [3.05, 3.63) is 102 Å². The molecule has 0 radical (unpaired) electrons.